The number of nitrogens with two attached hydrogens (primary N) is 1. The molecular formula is C18H17N7O. The molecule has 2 aliphatic rings. The van der Waals surface area contributed by atoms with Gasteiger partial charge in [-0.25, -0.2) is 4.98 Å². The maximum Gasteiger partial charge on any atom is 0.246 e. The van der Waals surface area contributed by atoms with E-state index in [0.717, 1.165) is 21.2 Å². The maximum absolute atomic E-state index is 10.2. The van der Waals surface area contributed by atoms with Crippen molar-refractivity contribution < 1.29 is 5.21 Å². The van der Waals surface area contributed by atoms with Gasteiger partial charge in [0.2, 0.25) is 11.4 Å². The summed E-state index contributed by atoms with van der Waals surface area (Å²) in [4.78, 5) is 14.2. The van der Waals surface area contributed by atoms with Crippen LogP contribution in [-0.2, 0) is 6.54 Å². The summed E-state index contributed by atoms with van der Waals surface area (Å²) in [6, 6.07) is 14.3. The first-order valence-corrected chi connectivity index (χ1v) is 8.01. The van der Waals surface area contributed by atoms with Crippen molar-refractivity contribution >= 4 is 22.3 Å². The second kappa shape index (κ2) is 5.99. The van der Waals surface area contributed by atoms with Gasteiger partial charge in [0.05, 0.1) is 18.4 Å². The fraction of sp³-hybridized carbons (Fsp3) is 0.111. The summed E-state index contributed by atoms with van der Waals surface area (Å²) >= 11 is 0. The molecule has 0 saturated heterocycles. The third kappa shape index (κ3) is 2.67. The zero-order valence-electron chi connectivity index (χ0n) is 14.1. The largest absolute Gasteiger partial charge is 0.427 e. The van der Waals surface area contributed by atoms with E-state index in [2.05, 4.69) is 33.2 Å². The fourth-order valence-electron chi connectivity index (χ4n) is 3.05. The number of nitrogen functional groups attached to an aromatic ring is 1. The average molecular weight is 347 g/mol. The second-order valence-corrected chi connectivity index (χ2v) is 6.04. The van der Waals surface area contributed by atoms with Gasteiger partial charge in [-0.15, -0.1) is 0 Å². The van der Waals surface area contributed by atoms with Crippen LogP contribution < -0.4 is 16.3 Å². The molecule has 0 amide bonds. The highest BCUT2D eigenvalue weighted by Gasteiger charge is 2.17. The molecule has 8 nitrogen and oxygen atoms in total. The summed E-state index contributed by atoms with van der Waals surface area (Å²) in [5.74, 6) is 0.177. The van der Waals surface area contributed by atoms with Crippen LogP contribution in [0, 0.1) is 5.41 Å². The number of rotatable bonds is 3. The molecule has 0 saturated carbocycles. The highest BCUT2D eigenvalue weighted by Crippen LogP contribution is 2.27. The molecule has 0 aromatic heterocycles. The highest BCUT2D eigenvalue weighted by atomic mass is 16.5. The summed E-state index contributed by atoms with van der Waals surface area (Å²) in [5.41, 5.74) is 7.50. The van der Waals surface area contributed by atoms with Crippen LogP contribution >= 0.6 is 0 Å². The lowest BCUT2D eigenvalue weighted by Gasteiger charge is -2.22. The van der Waals surface area contributed by atoms with Crippen LogP contribution in [0.4, 0.5) is 11.5 Å². The highest BCUT2D eigenvalue weighted by molar-refractivity contribution is 5.94. The molecule has 8 heteroatoms. The van der Waals surface area contributed by atoms with E-state index >= 15 is 0 Å². The predicted molar refractivity (Wildman–Crippen MR) is 97.9 cm³/mol. The smallest absolute Gasteiger partial charge is 0.246 e. The van der Waals surface area contributed by atoms with Gasteiger partial charge in [-0.1, -0.05) is 36.4 Å². The lowest BCUT2D eigenvalue weighted by atomic mass is 10.1. The van der Waals surface area contributed by atoms with Crippen molar-refractivity contribution in [2.75, 3.05) is 17.7 Å². The molecular weight excluding hydrogens is 330 g/mol. The SMILES string of the molecule is CN(Cc1cn(O)c2nc(=N)nc(N)c-2n1)c1cccc2ccccc12. The van der Waals surface area contributed by atoms with E-state index in [-0.39, 0.29) is 23.0 Å². The number of hydrogen-bond donors (Lipinski definition) is 3. The van der Waals surface area contributed by atoms with Crippen molar-refractivity contribution in [3.8, 4) is 11.5 Å². The van der Waals surface area contributed by atoms with Crippen molar-refractivity contribution in [2.45, 2.75) is 6.54 Å². The summed E-state index contributed by atoms with van der Waals surface area (Å²) in [6.07, 6.45) is 1.47. The van der Waals surface area contributed by atoms with Crippen LogP contribution in [0.15, 0.2) is 48.7 Å². The van der Waals surface area contributed by atoms with Crippen molar-refractivity contribution in [2.24, 2.45) is 0 Å². The van der Waals surface area contributed by atoms with Crippen molar-refractivity contribution in [1.29, 1.82) is 5.41 Å². The van der Waals surface area contributed by atoms with Crippen LogP contribution in [-0.4, -0.2) is 31.9 Å². The van der Waals surface area contributed by atoms with Crippen LogP contribution in [0.3, 0.4) is 0 Å². The number of hydrogen-bond acceptors (Lipinski definition) is 7. The van der Waals surface area contributed by atoms with Gasteiger partial charge in [0, 0.05) is 18.1 Å². The van der Waals surface area contributed by atoms with Gasteiger partial charge < -0.3 is 15.8 Å². The zero-order valence-corrected chi connectivity index (χ0v) is 14.1. The standard InChI is InChI=1S/C18H17N7O/c1-24(14-8-4-6-11-5-2-3-7-13(11)14)9-12-10-25(26)17-15(21-12)16(19)22-18(20)23-17/h2-8,10,26H,9H2,1H3,(H3,19,20,22). The third-order valence-electron chi connectivity index (χ3n) is 4.21. The van der Waals surface area contributed by atoms with Gasteiger partial charge in [0.1, 0.15) is 0 Å². The molecule has 2 aromatic rings. The number of benzene rings is 2. The molecule has 0 atom stereocenters. The molecule has 0 radical (unpaired) electrons. The normalized spacial score (nSPS) is 11.1. The molecule has 2 aromatic carbocycles. The molecule has 130 valence electrons. The first-order valence-electron chi connectivity index (χ1n) is 8.01. The predicted octanol–water partition coefficient (Wildman–Crippen LogP) is 1.87. The van der Waals surface area contributed by atoms with Gasteiger partial charge in [0.25, 0.3) is 0 Å². The molecule has 4 rings (SSSR count). The van der Waals surface area contributed by atoms with Gasteiger partial charge in [0.15, 0.2) is 11.5 Å². The fourth-order valence-corrected chi connectivity index (χ4v) is 3.05. The Bertz CT molecular complexity index is 1130. The Balaban J connectivity index is 1.75. The Kier molecular flexibility index (Phi) is 3.65. The summed E-state index contributed by atoms with van der Waals surface area (Å²) in [5, 5.41) is 20.0. The molecule has 0 unspecified atom stereocenters. The van der Waals surface area contributed by atoms with E-state index in [1.165, 1.54) is 6.20 Å². The maximum atomic E-state index is 10.2. The van der Waals surface area contributed by atoms with Crippen LogP contribution in [0.5, 0.6) is 0 Å². The first kappa shape index (κ1) is 15.8. The van der Waals surface area contributed by atoms with E-state index in [0.29, 0.717) is 12.2 Å². The first-order chi connectivity index (χ1) is 12.5. The summed E-state index contributed by atoms with van der Waals surface area (Å²) in [6.45, 7) is 0.451. The van der Waals surface area contributed by atoms with Gasteiger partial charge >= 0.3 is 0 Å². The lowest BCUT2D eigenvalue weighted by molar-refractivity contribution is 0.184. The molecule has 4 N–H and O–H groups in total. The Morgan fingerprint density at radius 2 is 1.88 bits per heavy atom. The Labute approximate surface area is 149 Å². The molecule has 26 heavy (non-hydrogen) atoms. The number of nitrogens with zero attached hydrogens (tertiary/aromatic N) is 5. The summed E-state index contributed by atoms with van der Waals surface area (Å²) < 4.78 is 0.838. The van der Waals surface area contributed by atoms with Gasteiger partial charge in [-0.2, -0.15) is 14.7 Å². The van der Waals surface area contributed by atoms with E-state index in [4.69, 9.17) is 11.1 Å². The van der Waals surface area contributed by atoms with E-state index in [1.54, 1.807) is 0 Å². The number of anilines is 2. The number of aromatic nitrogens is 4. The zero-order chi connectivity index (χ0) is 18.3. The van der Waals surface area contributed by atoms with Gasteiger partial charge in [-0.05, 0) is 11.5 Å². The molecule has 2 aliphatic heterocycles. The molecule has 0 spiro atoms. The Morgan fingerprint density at radius 3 is 2.73 bits per heavy atom. The Hall–Kier alpha value is -3.68. The van der Waals surface area contributed by atoms with E-state index in [1.807, 2.05) is 36.2 Å². The van der Waals surface area contributed by atoms with Crippen molar-refractivity contribution in [1.82, 2.24) is 19.7 Å². The molecule has 0 aliphatic carbocycles. The summed E-state index contributed by atoms with van der Waals surface area (Å²) in [7, 11) is 1.96. The minimum Gasteiger partial charge on any atom is -0.427 e. The van der Waals surface area contributed by atoms with Crippen molar-refractivity contribution in [3.63, 3.8) is 0 Å². The quantitative estimate of drug-likeness (QED) is 0.487. The Morgan fingerprint density at radius 1 is 1.12 bits per heavy atom. The topological polar surface area (TPSA) is 117 Å². The van der Waals surface area contributed by atoms with Gasteiger partial charge in [-0.3, -0.25) is 5.41 Å². The van der Waals surface area contributed by atoms with Crippen LogP contribution in [0.25, 0.3) is 22.3 Å². The second-order valence-electron chi connectivity index (χ2n) is 6.04. The monoisotopic (exact) mass is 347 g/mol. The molecule has 0 bridgehead atoms. The minimum absolute atomic E-state index is 0.0671. The molecule has 0 fully saturated rings. The van der Waals surface area contributed by atoms with E-state index in [9.17, 15) is 5.21 Å². The van der Waals surface area contributed by atoms with Crippen molar-refractivity contribution in [3.05, 3.63) is 60.0 Å². The average Bonchev–Trinajstić information content (AvgIpc) is 2.62. The third-order valence-corrected chi connectivity index (χ3v) is 4.21. The minimum atomic E-state index is -0.264. The number of fused-ring (bicyclic) bond motifs is 2. The lowest BCUT2D eigenvalue weighted by Crippen LogP contribution is -2.23. The van der Waals surface area contributed by atoms with Crippen LogP contribution in [0.1, 0.15) is 5.69 Å². The van der Waals surface area contributed by atoms with Crippen LogP contribution in [0.2, 0.25) is 0 Å². The molecule has 2 heterocycles. The number of nitrogens with one attached hydrogen (secondary N) is 1. The van der Waals surface area contributed by atoms with E-state index < -0.39 is 0 Å².